The Bertz CT molecular complexity index is 766. The summed E-state index contributed by atoms with van der Waals surface area (Å²) >= 11 is 0. The lowest BCUT2D eigenvalue weighted by atomic mass is 9.97. The summed E-state index contributed by atoms with van der Waals surface area (Å²) < 4.78 is 1.54. The van der Waals surface area contributed by atoms with Crippen LogP contribution >= 0.6 is 0 Å². The van der Waals surface area contributed by atoms with Gasteiger partial charge in [-0.2, -0.15) is 0 Å². The van der Waals surface area contributed by atoms with Gasteiger partial charge in [-0.3, -0.25) is 9.59 Å². The molecule has 2 aromatic rings. The second-order valence-corrected chi connectivity index (χ2v) is 5.44. The largest absolute Gasteiger partial charge is 0.387 e. The molecule has 0 bridgehead atoms. The van der Waals surface area contributed by atoms with Gasteiger partial charge in [0.25, 0.3) is 11.5 Å². The van der Waals surface area contributed by atoms with Crippen LogP contribution in [-0.4, -0.2) is 27.0 Å². The Hall–Kier alpha value is -2.40. The first-order valence-corrected chi connectivity index (χ1v) is 7.35. The molecule has 2 heterocycles. The fraction of sp³-hybridized carbons (Fsp3) is 0.294. The number of nitrogens with zero attached hydrogens (tertiary/aromatic N) is 2. The fourth-order valence-electron chi connectivity index (χ4n) is 2.82. The molecular formula is C17H18N2O3. The predicted molar refractivity (Wildman–Crippen MR) is 82.5 cm³/mol. The third-order valence-electron chi connectivity index (χ3n) is 4.04. The molecular weight excluding hydrogens is 280 g/mol. The van der Waals surface area contributed by atoms with Crippen LogP contribution in [0.4, 0.5) is 0 Å². The van der Waals surface area contributed by atoms with Gasteiger partial charge in [0.2, 0.25) is 0 Å². The maximum absolute atomic E-state index is 12.6. The minimum atomic E-state index is -0.690. The molecule has 1 unspecified atom stereocenters. The number of amides is 1. The standard InChI is InChI=1S/C17H18N2O3/c1-2-18-8-7-12(9-16(18)21)17(22)19-10-13-5-3-4-6-14(13)15(20)11-19/h3-9,15,20H,2,10-11H2,1H3. The van der Waals surface area contributed by atoms with E-state index in [1.165, 1.54) is 10.6 Å². The normalized spacial score (nSPS) is 17.2. The highest BCUT2D eigenvalue weighted by molar-refractivity contribution is 5.94. The minimum absolute atomic E-state index is 0.189. The number of hydrogen-bond acceptors (Lipinski definition) is 3. The van der Waals surface area contributed by atoms with Crippen molar-refractivity contribution >= 4 is 5.91 Å². The summed E-state index contributed by atoms with van der Waals surface area (Å²) in [5.74, 6) is -0.228. The second-order valence-electron chi connectivity index (χ2n) is 5.44. The van der Waals surface area contributed by atoms with Crippen LogP contribution in [0.25, 0.3) is 0 Å². The molecule has 1 aromatic carbocycles. The number of hydrogen-bond donors (Lipinski definition) is 1. The molecule has 0 spiro atoms. The van der Waals surface area contributed by atoms with E-state index in [0.717, 1.165) is 11.1 Å². The molecule has 3 rings (SSSR count). The van der Waals surface area contributed by atoms with Crippen molar-refractivity contribution in [1.82, 2.24) is 9.47 Å². The maximum Gasteiger partial charge on any atom is 0.254 e. The van der Waals surface area contributed by atoms with Gasteiger partial charge in [-0.15, -0.1) is 0 Å². The van der Waals surface area contributed by atoms with Gasteiger partial charge in [0.1, 0.15) is 0 Å². The van der Waals surface area contributed by atoms with Crippen molar-refractivity contribution in [3.05, 3.63) is 69.6 Å². The number of carbonyl (C=O) groups excluding carboxylic acids is 1. The van der Waals surface area contributed by atoms with Crippen LogP contribution < -0.4 is 5.56 Å². The average Bonchev–Trinajstić information content (AvgIpc) is 2.54. The summed E-state index contributed by atoms with van der Waals surface area (Å²) in [7, 11) is 0. The summed E-state index contributed by atoms with van der Waals surface area (Å²) in [6, 6.07) is 10.6. The van der Waals surface area contributed by atoms with E-state index in [0.29, 0.717) is 18.7 Å². The Morgan fingerprint density at radius 2 is 2.09 bits per heavy atom. The van der Waals surface area contributed by atoms with E-state index < -0.39 is 6.10 Å². The summed E-state index contributed by atoms with van der Waals surface area (Å²) in [4.78, 5) is 26.0. The van der Waals surface area contributed by atoms with Crippen molar-refractivity contribution in [2.75, 3.05) is 6.54 Å². The third kappa shape index (κ3) is 2.55. The molecule has 0 saturated heterocycles. The SMILES string of the molecule is CCn1ccc(C(=O)N2Cc3ccccc3C(O)C2)cc1=O. The number of aromatic nitrogens is 1. The Morgan fingerprint density at radius 1 is 1.32 bits per heavy atom. The maximum atomic E-state index is 12.6. The van der Waals surface area contributed by atoms with Gasteiger partial charge >= 0.3 is 0 Å². The van der Waals surface area contributed by atoms with Gasteiger partial charge in [-0.25, -0.2) is 0 Å². The number of rotatable bonds is 2. The van der Waals surface area contributed by atoms with Crippen molar-refractivity contribution in [2.45, 2.75) is 26.1 Å². The first-order chi connectivity index (χ1) is 10.6. The van der Waals surface area contributed by atoms with Crippen LogP contribution in [0.1, 0.15) is 34.5 Å². The Kier molecular flexibility index (Phi) is 3.81. The highest BCUT2D eigenvalue weighted by Crippen LogP contribution is 2.26. The molecule has 114 valence electrons. The number of fused-ring (bicyclic) bond motifs is 1. The van der Waals surface area contributed by atoms with Crippen molar-refractivity contribution in [3.63, 3.8) is 0 Å². The Morgan fingerprint density at radius 3 is 2.82 bits per heavy atom. The molecule has 22 heavy (non-hydrogen) atoms. The molecule has 1 aliphatic heterocycles. The molecule has 1 amide bonds. The number of aryl methyl sites for hydroxylation is 1. The van der Waals surface area contributed by atoms with E-state index in [2.05, 4.69) is 0 Å². The number of carbonyl (C=O) groups is 1. The van der Waals surface area contributed by atoms with Gasteiger partial charge in [0.15, 0.2) is 0 Å². The van der Waals surface area contributed by atoms with Crippen molar-refractivity contribution in [1.29, 1.82) is 0 Å². The van der Waals surface area contributed by atoms with Crippen molar-refractivity contribution in [3.8, 4) is 0 Å². The molecule has 5 heteroatoms. The van der Waals surface area contributed by atoms with Crippen LogP contribution in [0.5, 0.6) is 0 Å². The van der Waals surface area contributed by atoms with Gasteiger partial charge in [-0.1, -0.05) is 24.3 Å². The summed E-state index contributed by atoms with van der Waals surface area (Å²) in [6.07, 6.45) is 0.939. The Balaban J connectivity index is 1.88. The van der Waals surface area contributed by atoms with E-state index in [-0.39, 0.29) is 18.0 Å². The van der Waals surface area contributed by atoms with Crippen molar-refractivity contribution in [2.24, 2.45) is 0 Å². The lowest BCUT2D eigenvalue weighted by Gasteiger charge is -2.32. The van der Waals surface area contributed by atoms with E-state index in [1.807, 2.05) is 31.2 Å². The molecule has 0 saturated carbocycles. The van der Waals surface area contributed by atoms with Crippen LogP contribution in [-0.2, 0) is 13.1 Å². The number of pyridine rings is 1. The summed E-state index contributed by atoms with van der Waals surface area (Å²) in [5.41, 5.74) is 1.98. The van der Waals surface area contributed by atoms with E-state index in [1.54, 1.807) is 17.2 Å². The smallest absolute Gasteiger partial charge is 0.254 e. The average molecular weight is 298 g/mol. The highest BCUT2D eigenvalue weighted by atomic mass is 16.3. The molecule has 0 radical (unpaired) electrons. The number of β-amino-alcohol motifs (C(OH)–C–C–N with tert-alkyl or cyclic N) is 1. The third-order valence-corrected chi connectivity index (χ3v) is 4.04. The zero-order valence-electron chi connectivity index (χ0n) is 12.4. The van der Waals surface area contributed by atoms with E-state index >= 15 is 0 Å². The summed E-state index contributed by atoms with van der Waals surface area (Å²) in [6.45, 7) is 3.14. The molecule has 1 N–H and O–H groups in total. The van der Waals surface area contributed by atoms with E-state index in [9.17, 15) is 14.7 Å². The summed E-state index contributed by atoms with van der Waals surface area (Å²) in [5, 5.41) is 10.2. The number of aliphatic hydroxyl groups excluding tert-OH is 1. The molecule has 1 aromatic heterocycles. The topological polar surface area (TPSA) is 62.5 Å². The zero-order chi connectivity index (χ0) is 15.7. The molecule has 1 aliphatic rings. The first-order valence-electron chi connectivity index (χ1n) is 7.35. The van der Waals surface area contributed by atoms with E-state index in [4.69, 9.17) is 0 Å². The van der Waals surface area contributed by atoms with Crippen LogP contribution in [0.2, 0.25) is 0 Å². The molecule has 1 atom stereocenters. The highest BCUT2D eigenvalue weighted by Gasteiger charge is 2.27. The lowest BCUT2D eigenvalue weighted by Crippen LogP contribution is -2.38. The second kappa shape index (κ2) is 5.77. The van der Waals surface area contributed by atoms with Gasteiger partial charge < -0.3 is 14.6 Å². The Labute approximate surface area is 128 Å². The monoisotopic (exact) mass is 298 g/mol. The minimum Gasteiger partial charge on any atom is -0.387 e. The van der Waals surface area contributed by atoms with Crippen LogP contribution in [0.3, 0.4) is 0 Å². The number of aliphatic hydroxyl groups is 1. The fourth-order valence-corrected chi connectivity index (χ4v) is 2.82. The van der Waals surface area contributed by atoms with Crippen molar-refractivity contribution < 1.29 is 9.90 Å². The molecule has 0 aliphatic carbocycles. The number of benzene rings is 1. The molecule has 5 nitrogen and oxygen atoms in total. The van der Waals surface area contributed by atoms with Crippen LogP contribution in [0.15, 0.2) is 47.4 Å². The van der Waals surface area contributed by atoms with Gasteiger partial charge in [0.05, 0.1) is 12.6 Å². The van der Waals surface area contributed by atoms with Gasteiger partial charge in [0, 0.05) is 30.9 Å². The zero-order valence-corrected chi connectivity index (χ0v) is 12.4. The van der Waals surface area contributed by atoms with Crippen LogP contribution in [0, 0.1) is 0 Å². The molecule has 0 fully saturated rings. The first kappa shape index (κ1) is 14.5. The lowest BCUT2D eigenvalue weighted by molar-refractivity contribution is 0.0549. The predicted octanol–water partition coefficient (Wildman–Crippen LogP) is 1.56. The quantitative estimate of drug-likeness (QED) is 0.915. The van der Waals surface area contributed by atoms with Gasteiger partial charge in [-0.05, 0) is 24.1 Å².